The first-order valence-corrected chi connectivity index (χ1v) is 7.23. The van der Waals surface area contributed by atoms with Crippen molar-refractivity contribution in [3.63, 3.8) is 0 Å². The van der Waals surface area contributed by atoms with Crippen molar-refractivity contribution in [2.75, 3.05) is 26.2 Å². The topological polar surface area (TPSA) is 30.3 Å². The van der Waals surface area contributed by atoms with E-state index in [2.05, 4.69) is 22.8 Å². The van der Waals surface area contributed by atoms with Crippen LogP contribution >= 0.6 is 0 Å². The van der Waals surface area contributed by atoms with E-state index in [9.17, 15) is 0 Å². The molecule has 2 aliphatic rings. The van der Waals surface area contributed by atoms with Crippen molar-refractivity contribution in [2.45, 2.75) is 57.5 Å². The van der Waals surface area contributed by atoms with Gasteiger partial charge in [0, 0.05) is 32.2 Å². The van der Waals surface area contributed by atoms with Crippen LogP contribution in [0.5, 0.6) is 0 Å². The molecule has 0 aromatic rings. The van der Waals surface area contributed by atoms with E-state index in [1.165, 1.54) is 45.2 Å². The third kappa shape index (κ3) is 3.20. The average molecular weight is 235 g/mol. The van der Waals surface area contributed by atoms with Gasteiger partial charge in [-0.2, -0.15) is 5.26 Å². The zero-order valence-electron chi connectivity index (χ0n) is 11.1. The first kappa shape index (κ1) is 12.9. The molecule has 2 rings (SSSR count). The smallest absolute Gasteiger partial charge is 0.0976 e. The Kier molecular flexibility index (Phi) is 4.82. The molecule has 0 spiro atoms. The van der Waals surface area contributed by atoms with Gasteiger partial charge in [-0.05, 0) is 19.3 Å². The van der Waals surface area contributed by atoms with Gasteiger partial charge in [0.05, 0.1) is 12.1 Å². The Morgan fingerprint density at radius 1 is 1.12 bits per heavy atom. The molecule has 0 bridgehead atoms. The first-order valence-electron chi connectivity index (χ1n) is 7.23. The van der Waals surface area contributed by atoms with E-state index in [1.54, 1.807) is 0 Å². The van der Waals surface area contributed by atoms with Gasteiger partial charge in [0.1, 0.15) is 0 Å². The van der Waals surface area contributed by atoms with Crippen molar-refractivity contribution in [1.82, 2.24) is 9.80 Å². The molecule has 3 heteroatoms. The van der Waals surface area contributed by atoms with E-state index in [4.69, 9.17) is 5.26 Å². The zero-order chi connectivity index (χ0) is 12.1. The molecule has 1 heterocycles. The van der Waals surface area contributed by atoms with Crippen LogP contribution in [-0.2, 0) is 0 Å². The summed E-state index contributed by atoms with van der Waals surface area (Å²) in [5, 5.41) is 9.09. The summed E-state index contributed by atoms with van der Waals surface area (Å²) in [5.74, 6) is 0. The van der Waals surface area contributed by atoms with Gasteiger partial charge in [-0.15, -0.1) is 0 Å². The largest absolute Gasteiger partial charge is 0.298 e. The molecule has 96 valence electrons. The second-order valence-corrected chi connectivity index (χ2v) is 5.42. The molecule has 1 unspecified atom stereocenters. The predicted octanol–water partition coefficient (Wildman–Crippen LogP) is 2.24. The lowest BCUT2D eigenvalue weighted by molar-refractivity contribution is 0.0670. The quantitative estimate of drug-likeness (QED) is 0.751. The Labute approximate surface area is 105 Å². The molecule has 0 amide bonds. The minimum absolute atomic E-state index is 0.142. The molecule has 3 nitrogen and oxygen atoms in total. The molecule has 1 saturated heterocycles. The minimum Gasteiger partial charge on any atom is -0.298 e. The van der Waals surface area contributed by atoms with Crippen LogP contribution in [-0.4, -0.2) is 48.1 Å². The van der Waals surface area contributed by atoms with Gasteiger partial charge in [-0.3, -0.25) is 9.80 Å². The molecule has 1 saturated carbocycles. The molecule has 0 aromatic heterocycles. The Morgan fingerprint density at radius 2 is 1.76 bits per heavy atom. The number of hydrogen-bond donors (Lipinski definition) is 0. The number of piperazine rings is 1. The summed E-state index contributed by atoms with van der Waals surface area (Å²) in [6.07, 6.45) is 8.02. The van der Waals surface area contributed by atoms with Gasteiger partial charge < -0.3 is 0 Å². The second-order valence-electron chi connectivity index (χ2n) is 5.42. The van der Waals surface area contributed by atoms with Gasteiger partial charge in [-0.25, -0.2) is 0 Å². The molecule has 0 radical (unpaired) electrons. The maximum atomic E-state index is 9.09. The normalized spacial score (nSPS) is 26.6. The Bertz CT molecular complexity index is 257. The molecule has 2 fully saturated rings. The van der Waals surface area contributed by atoms with Crippen molar-refractivity contribution in [2.24, 2.45) is 0 Å². The maximum Gasteiger partial charge on any atom is 0.0976 e. The lowest BCUT2D eigenvalue weighted by atomic mass is 9.93. The van der Waals surface area contributed by atoms with Gasteiger partial charge in [0.2, 0.25) is 0 Å². The molecule has 1 atom stereocenters. The summed E-state index contributed by atoms with van der Waals surface area (Å²) in [7, 11) is 0. The highest BCUT2D eigenvalue weighted by molar-refractivity contribution is 4.93. The summed E-state index contributed by atoms with van der Waals surface area (Å²) in [4.78, 5) is 5.03. The monoisotopic (exact) mass is 235 g/mol. The fraction of sp³-hybridized carbons (Fsp3) is 0.929. The molecule has 1 aliphatic carbocycles. The van der Waals surface area contributed by atoms with Crippen LogP contribution in [0.25, 0.3) is 0 Å². The molecule has 17 heavy (non-hydrogen) atoms. The summed E-state index contributed by atoms with van der Waals surface area (Å²) >= 11 is 0. The SMILES string of the molecule is CCC(C#N)N1CCN(C2CCCCC2)CC1. The lowest BCUT2D eigenvalue weighted by Crippen LogP contribution is -2.53. The van der Waals surface area contributed by atoms with Crippen molar-refractivity contribution < 1.29 is 0 Å². The van der Waals surface area contributed by atoms with E-state index in [0.29, 0.717) is 0 Å². The van der Waals surface area contributed by atoms with E-state index < -0.39 is 0 Å². The van der Waals surface area contributed by atoms with Crippen LogP contribution in [0.15, 0.2) is 0 Å². The van der Waals surface area contributed by atoms with Gasteiger partial charge in [0.15, 0.2) is 0 Å². The predicted molar refractivity (Wildman–Crippen MR) is 69.7 cm³/mol. The fourth-order valence-corrected chi connectivity index (χ4v) is 3.29. The number of nitrogens with zero attached hydrogens (tertiary/aromatic N) is 3. The third-order valence-corrected chi connectivity index (χ3v) is 4.42. The summed E-state index contributed by atoms with van der Waals surface area (Å²) in [6, 6.07) is 3.41. The van der Waals surface area contributed by atoms with Crippen LogP contribution < -0.4 is 0 Å². The van der Waals surface area contributed by atoms with Gasteiger partial charge in [-0.1, -0.05) is 26.2 Å². The molecule has 0 N–H and O–H groups in total. The Hall–Kier alpha value is -0.590. The zero-order valence-corrected chi connectivity index (χ0v) is 11.1. The van der Waals surface area contributed by atoms with E-state index in [1.807, 2.05) is 0 Å². The third-order valence-electron chi connectivity index (χ3n) is 4.42. The maximum absolute atomic E-state index is 9.09. The minimum atomic E-state index is 0.142. The van der Waals surface area contributed by atoms with Gasteiger partial charge >= 0.3 is 0 Å². The Balaban J connectivity index is 1.79. The van der Waals surface area contributed by atoms with Crippen molar-refractivity contribution in [1.29, 1.82) is 5.26 Å². The van der Waals surface area contributed by atoms with Crippen molar-refractivity contribution in [3.8, 4) is 6.07 Å². The molecule has 0 aromatic carbocycles. The second kappa shape index (κ2) is 6.37. The molecule has 1 aliphatic heterocycles. The van der Waals surface area contributed by atoms with Crippen LogP contribution in [0.3, 0.4) is 0 Å². The standard InChI is InChI=1S/C14H25N3/c1-2-13(12-15)16-8-10-17(11-9-16)14-6-4-3-5-7-14/h13-14H,2-11H2,1H3. The number of nitriles is 1. The lowest BCUT2D eigenvalue weighted by Gasteiger charge is -2.41. The van der Waals surface area contributed by atoms with Crippen LogP contribution in [0, 0.1) is 11.3 Å². The van der Waals surface area contributed by atoms with Crippen LogP contribution in [0.4, 0.5) is 0 Å². The highest BCUT2D eigenvalue weighted by Gasteiger charge is 2.27. The van der Waals surface area contributed by atoms with Crippen molar-refractivity contribution >= 4 is 0 Å². The highest BCUT2D eigenvalue weighted by Crippen LogP contribution is 2.23. The first-order chi connectivity index (χ1) is 8.35. The van der Waals surface area contributed by atoms with Crippen LogP contribution in [0.1, 0.15) is 45.4 Å². The van der Waals surface area contributed by atoms with Crippen molar-refractivity contribution in [3.05, 3.63) is 0 Å². The summed E-state index contributed by atoms with van der Waals surface area (Å²) in [5.41, 5.74) is 0. The van der Waals surface area contributed by atoms with Crippen LogP contribution in [0.2, 0.25) is 0 Å². The Morgan fingerprint density at radius 3 is 2.29 bits per heavy atom. The fourth-order valence-electron chi connectivity index (χ4n) is 3.29. The molecular weight excluding hydrogens is 210 g/mol. The van der Waals surface area contributed by atoms with E-state index in [0.717, 1.165) is 25.6 Å². The van der Waals surface area contributed by atoms with Gasteiger partial charge in [0.25, 0.3) is 0 Å². The average Bonchev–Trinajstić information content (AvgIpc) is 2.42. The van der Waals surface area contributed by atoms with E-state index in [-0.39, 0.29) is 6.04 Å². The summed E-state index contributed by atoms with van der Waals surface area (Å²) in [6.45, 7) is 6.62. The van der Waals surface area contributed by atoms with E-state index >= 15 is 0 Å². The number of hydrogen-bond acceptors (Lipinski definition) is 3. The number of rotatable bonds is 3. The highest BCUT2D eigenvalue weighted by atomic mass is 15.3. The summed E-state index contributed by atoms with van der Waals surface area (Å²) < 4.78 is 0. The molecular formula is C14H25N3.